The number of rotatable bonds is 6. The Morgan fingerprint density at radius 1 is 1.32 bits per heavy atom. The van der Waals surface area contributed by atoms with E-state index in [1.54, 1.807) is 24.3 Å². The monoisotopic (exact) mass is 266 g/mol. The molecule has 3 N–H and O–H groups in total. The molecule has 0 aliphatic heterocycles. The standard InChI is InChI=1S/C13H18N2O4/c1-2-7-14-12(17)10-5-3-4-6-11(10)15-13(18)19-9-8-16/h3-6,16H,2,7-9H2,1H3,(H,14,17)(H,15,18). The third-order valence-electron chi connectivity index (χ3n) is 2.27. The predicted octanol–water partition coefficient (Wildman–Crippen LogP) is 1.37. The molecule has 0 bridgehead atoms. The average molecular weight is 266 g/mol. The molecule has 0 heterocycles. The first-order valence-corrected chi connectivity index (χ1v) is 6.11. The molecule has 1 aromatic rings. The summed E-state index contributed by atoms with van der Waals surface area (Å²) < 4.78 is 4.68. The quantitative estimate of drug-likeness (QED) is 0.725. The summed E-state index contributed by atoms with van der Waals surface area (Å²) in [6.45, 7) is 2.20. The minimum absolute atomic E-state index is 0.0873. The number of amides is 2. The maximum Gasteiger partial charge on any atom is 0.411 e. The van der Waals surface area contributed by atoms with Crippen LogP contribution in [0.15, 0.2) is 24.3 Å². The lowest BCUT2D eigenvalue weighted by molar-refractivity contribution is 0.0954. The van der Waals surface area contributed by atoms with Crippen LogP contribution in [-0.2, 0) is 4.74 Å². The van der Waals surface area contributed by atoms with Crippen molar-refractivity contribution in [1.29, 1.82) is 0 Å². The van der Waals surface area contributed by atoms with Crippen LogP contribution in [-0.4, -0.2) is 36.9 Å². The fourth-order valence-corrected chi connectivity index (χ4v) is 1.41. The zero-order valence-corrected chi connectivity index (χ0v) is 10.8. The highest BCUT2D eigenvalue weighted by Crippen LogP contribution is 2.15. The van der Waals surface area contributed by atoms with Crippen LogP contribution in [0.3, 0.4) is 0 Å². The second-order valence-corrected chi connectivity index (χ2v) is 3.79. The molecule has 0 unspecified atom stereocenters. The van der Waals surface area contributed by atoms with Gasteiger partial charge in [0.25, 0.3) is 5.91 Å². The van der Waals surface area contributed by atoms with Crippen molar-refractivity contribution in [1.82, 2.24) is 5.32 Å². The molecule has 6 nitrogen and oxygen atoms in total. The molecule has 19 heavy (non-hydrogen) atoms. The number of hydrogen-bond acceptors (Lipinski definition) is 4. The van der Waals surface area contributed by atoms with E-state index in [0.29, 0.717) is 17.8 Å². The molecule has 1 rings (SSSR count). The Bertz CT molecular complexity index is 434. The third-order valence-corrected chi connectivity index (χ3v) is 2.27. The van der Waals surface area contributed by atoms with Gasteiger partial charge in [-0.1, -0.05) is 19.1 Å². The van der Waals surface area contributed by atoms with E-state index in [2.05, 4.69) is 15.4 Å². The number of benzene rings is 1. The summed E-state index contributed by atoms with van der Waals surface area (Å²) in [5.41, 5.74) is 0.746. The van der Waals surface area contributed by atoms with Crippen LogP contribution < -0.4 is 10.6 Å². The number of carbonyl (C=O) groups is 2. The molecule has 1 aromatic carbocycles. The van der Waals surface area contributed by atoms with Gasteiger partial charge in [-0.2, -0.15) is 0 Å². The fraction of sp³-hybridized carbons (Fsp3) is 0.385. The Morgan fingerprint density at radius 3 is 2.74 bits per heavy atom. The van der Waals surface area contributed by atoms with E-state index in [1.165, 1.54) is 0 Å². The molecule has 0 spiro atoms. The van der Waals surface area contributed by atoms with Gasteiger partial charge in [-0.25, -0.2) is 4.79 Å². The summed E-state index contributed by atoms with van der Waals surface area (Å²) in [6, 6.07) is 6.65. The molecule has 0 radical (unpaired) electrons. The maximum absolute atomic E-state index is 11.9. The highest BCUT2D eigenvalue weighted by molar-refractivity contribution is 6.02. The molecule has 0 fully saturated rings. The summed E-state index contributed by atoms with van der Waals surface area (Å²) in [4.78, 5) is 23.3. The van der Waals surface area contributed by atoms with Gasteiger partial charge in [0.15, 0.2) is 0 Å². The van der Waals surface area contributed by atoms with Crippen molar-refractivity contribution in [3.63, 3.8) is 0 Å². The van der Waals surface area contributed by atoms with E-state index in [-0.39, 0.29) is 19.1 Å². The van der Waals surface area contributed by atoms with Crippen molar-refractivity contribution in [2.45, 2.75) is 13.3 Å². The molecular formula is C13H18N2O4. The third kappa shape index (κ3) is 4.97. The summed E-state index contributed by atoms with van der Waals surface area (Å²) in [6.07, 6.45) is 0.129. The summed E-state index contributed by atoms with van der Waals surface area (Å²) in [5.74, 6) is -0.250. The van der Waals surface area contributed by atoms with Gasteiger partial charge in [0, 0.05) is 6.54 Å². The second-order valence-electron chi connectivity index (χ2n) is 3.79. The highest BCUT2D eigenvalue weighted by Gasteiger charge is 2.12. The Balaban J connectivity index is 2.72. The zero-order chi connectivity index (χ0) is 14.1. The lowest BCUT2D eigenvalue weighted by Gasteiger charge is -2.11. The topological polar surface area (TPSA) is 87.7 Å². The second kappa shape index (κ2) is 8.10. The van der Waals surface area contributed by atoms with Crippen molar-refractivity contribution in [3.05, 3.63) is 29.8 Å². The first kappa shape index (κ1) is 15.0. The van der Waals surface area contributed by atoms with Crippen LogP contribution in [0, 0.1) is 0 Å². The van der Waals surface area contributed by atoms with Crippen molar-refractivity contribution < 1.29 is 19.4 Å². The molecule has 6 heteroatoms. The number of nitrogens with one attached hydrogen (secondary N) is 2. The predicted molar refractivity (Wildman–Crippen MR) is 71.1 cm³/mol. The van der Waals surface area contributed by atoms with E-state index < -0.39 is 6.09 Å². The summed E-state index contributed by atoms with van der Waals surface area (Å²) in [5, 5.41) is 13.8. The van der Waals surface area contributed by atoms with Crippen LogP contribution in [0.2, 0.25) is 0 Å². The van der Waals surface area contributed by atoms with Gasteiger partial charge in [0.2, 0.25) is 0 Å². The van der Waals surface area contributed by atoms with Crippen molar-refractivity contribution >= 4 is 17.7 Å². The lowest BCUT2D eigenvalue weighted by Crippen LogP contribution is -2.26. The van der Waals surface area contributed by atoms with Gasteiger partial charge in [0.05, 0.1) is 17.9 Å². The Kier molecular flexibility index (Phi) is 6.38. The molecule has 104 valence electrons. The molecule has 0 saturated carbocycles. The van der Waals surface area contributed by atoms with Gasteiger partial charge in [0.1, 0.15) is 6.61 Å². The van der Waals surface area contributed by atoms with E-state index in [0.717, 1.165) is 6.42 Å². The van der Waals surface area contributed by atoms with Crippen LogP contribution in [0.25, 0.3) is 0 Å². The first-order chi connectivity index (χ1) is 9.19. The number of anilines is 1. The van der Waals surface area contributed by atoms with Crippen molar-refractivity contribution in [2.24, 2.45) is 0 Å². The molecule has 2 amide bonds. The fourth-order valence-electron chi connectivity index (χ4n) is 1.41. The Labute approximate surface area is 111 Å². The van der Waals surface area contributed by atoms with Crippen LogP contribution >= 0.6 is 0 Å². The summed E-state index contributed by atoms with van der Waals surface area (Å²) in [7, 11) is 0. The summed E-state index contributed by atoms with van der Waals surface area (Å²) >= 11 is 0. The smallest absolute Gasteiger partial charge is 0.411 e. The number of ether oxygens (including phenoxy) is 1. The number of para-hydroxylation sites is 1. The van der Waals surface area contributed by atoms with Gasteiger partial charge in [-0.3, -0.25) is 10.1 Å². The number of carbonyl (C=O) groups excluding carboxylic acids is 2. The van der Waals surface area contributed by atoms with Gasteiger partial charge in [-0.15, -0.1) is 0 Å². The molecular weight excluding hydrogens is 248 g/mol. The normalized spacial score (nSPS) is 9.79. The Hall–Kier alpha value is -2.08. The lowest BCUT2D eigenvalue weighted by atomic mass is 10.1. The molecule has 0 aromatic heterocycles. The van der Waals surface area contributed by atoms with Gasteiger partial charge in [-0.05, 0) is 18.6 Å². The molecule has 0 aliphatic carbocycles. The SMILES string of the molecule is CCCNC(=O)c1ccccc1NC(=O)OCCO. The number of hydrogen-bond donors (Lipinski definition) is 3. The highest BCUT2D eigenvalue weighted by atomic mass is 16.6. The average Bonchev–Trinajstić information content (AvgIpc) is 2.43. The zero-order valence-electron chi connectivity index (χ0n) is 10.8. The number of aliphatic hydroxyl groups is 1. The Morgan fingerprint density at radius 2 is 2.05 bits per heavy atom. The minimum atomic E-state index is -0.704. The van der Waals surface area contributed by atoms with Crippen LogP contribution in [0.1, 0.15) is 23.7 Å². The first-order valence-electron chi connectivity index (χ1n) is 6.11. The van der Waals surface area contributed by atoms with Crippen molar-refractivity contribution in [2.75, 3.05) is 25.1 Å². The van der Waals surface area contributed by atoms with Crippen LogP contribution in [0.5, 0.6) is 0 Å². The minimum Gasteiger partial charge on any atom is -0.447 e. The van der Waals surface area contributed by atoms with Gasteiger partial charge < -0.3 is 15.2 Å². The largest absolute Gasteiger partial charge is 0.447 e. The molecule has 0 atom stereocenters. The van der Waals surface area contributed by atoms with Crippen LogP contribution in [0.4, 0.5) is 10.5 Å². The maximum atomic E-state index is 11.9. The molecule has 0 aliphatic rings. The van der Waals surface area contributed by atoms with E-state index in [9.17, 15) is 9.59 Å². The molecule has 0 saturated heterocycles. The van der Waals surface area contributed by atoms with Crippen molar-refractivity contribution in [3.8, 4) is 0 Å². The van der Waals surface area contributed by atoms with E-state index in [4.69, 9.17) is 5.11 Å². The van der Waals surface area contributed by atoms with Gasteiger partial charge >= 0.3 is 6.09 Å². The van der Waals surface area contributed by atoms with E-state index in [1.807, 2.05) is 6.92 Å². The number of aliphatic hydroxyl groups excluding tert-OH is 1. The van der Waals surface area contributed by atoms with E-state index >= 15 is 0 Å².